The standard InChI is InChI=1S/C24H19N3O4/c1-16-5-4-6-20(13-16)26(24(29)17-9-11-19(12-10-17)27(30)31)15-18-14-23(28)25-22-8-3-2-7-21(18)22/h2-14H,15H2,1H3,(H,25,28). The zero-order valence-electron chi connectivity index (χ0n) is 16.7. The summed E-state index contributed by atoms with van der Waals surface area (Å²) in [5.41, 5.74) is 3.04. The van der Waals surface area contributed by atoms with Crippen molar-refractivity contribution < 1.29 is 9.72 Å². The van der Waals surface area contributed by atoms with Crippen molar-refractivity contribution in [1.82, 2.24) is 4.98 Å². The topological polar surface area (TPSA) is 96.3 Å². The molecule has 0 saturated heterocycles. The van der Waals surface area contributed by atoms with Gasteiger partial charge in [0.15, 0.2) is 0 Å². The van der Waals surface area contributed by atoms with E-state index in [9.17, 15) is 19.7 Å². The predicted molar refractivity (Wildman–Crippen MR) is 119 cm³/mol. The summed E-state index contributed by atoms with van der Waals surface area (Å²) in [6.45, 7) is 2.10. The summed E-state index contributed by atoms with van der Waals surface area (Å²) >= 11 is 0. The number of amides is 1. The Morgan fingerprint density at radius 2 is 1.74 bits per heavy atom. The van der Waals surface area contributed by atoms with E-state index in [0.29, 0.717) is 22.3 Å². The van der Waals surface area contributed by atoms with E-state index in [4.69, 9.17) is 0 Å². The highest BCUT2D eigenvalue weighted by molar-refractivity contribution is 6.06. The van der Waals surface area contributed by atoms with Crippen molar-refractivity contribution in [2.75, 3.05) is 4.90 Å². The quantitative estimate of drug-likeness (QED) is 0.382. The Hall–Kier alpha value is -4.26. The molecule has 0 aliphatic carbocycles. The van der Waals surface area contributed by atoms with E-state index in [-0.39, 0.29) is 23.7 Å². The number of nitro groups is 1. The van der Waals surface area contributed by atoms with Gasteiger partial charge in [-0.2, -0.15) is 0 Å². The van der Waals surface area contributed by atoms with Crippen LogP contribution < -0.4 is 10.5 Å². The lowest BCUT2D eigenvalue weighted by Crippen LogP contribution is -2.31. The number of benzene rings is 3. The lowest BCUT2D eigenvalue weighted by molar-refractivity contribution is -0.384. The molecule has 0 aliphatic rings. The minimum Gasteiger partial charge on any atom is -0.322 e. The van der Waals surface area contributed by atoms with Crippen LogP contribution in [-0.4, -0.2) is 15.8 Å². The third-order valence-electron chi connectivity index (χ3n) is 5.05. The van der Waals surface area contributed by atoms with Crippen molar-refractivity contribution in [3.63, 3.8) is 0 Å². The molecule has 7 heteroatoms. The second-order valence-electron chi connectivity index (χ2n) is 7.24. The number of fused-ring (bicyclic) bond motifs is 1. The summed E-state index contributed by atoms with van der Waals surface area (Å²) in [7, 11) is 0. The Balaban J connectivity index is 1.80. The average molecular weight is 413 g/mol. The predicted octanol–water partition coefficient (Wildman–Crippen LogP) is 4.59. The van der Waals surface area contributed by atoms with Gasteiger partial charge >= 0.3 is 0 Å². The minimum absolute atomic E-state index is 0.0840. The molecule has 1 amide bonds. The fraction of sp³-hybridized carbons (Fsp3) is 0.0833. The number of nitrogens with zero attached hydrogens (tertiary/aromatic N) is 2. The SMILES string of the molecule is Cc1cccc(N(Cc2cc(=O)[nH]c3ccccc23)C(=O)c2ccc([N+](=O)[O-])cc2)c1. The van der Waals surface area contributed by atoms with Crippen molar-refractivity contribution >= 4 is 28.2 Å². The lowest BCUT2D eigenvalue weighted by atomic mass is 10.1. The van der Waals surface area contributed by atoms with Gasteiger partial charge in [0.2, 0.25) is 5.56 Å². The smallest absolute Gasteiger partial charge is 0.269 e. The zero-order chi connectivity index (χ0) is 22.0. The first-order valence-corrected chi connectivity index (χ1v) is 9.66. The van der Waals surface area contributed by atoms with Crippen molar-refractivity contribution in [3.05, 3.63) is 116 Å². The number of aryl methyl sites for hydroxylation is 1. The van der Waals surface area contributed by atoms with Crippen LogP contribution in [0.1, 0.15) is 21.5 Å². The Morgan fingerprint density at radius 1 is 1.00 bits per heavy atom. The molecule has 0 radical (unpaired) electrons. The first-order valence-electron chi connectivity index (χ1n) is 9.66. The second kappa shape index (κ2) is 8.23. The van der Waals surface area contributed by atoms with Gasteiger partial charge in [-0.3, -0.25) is 19.7 Å². The molecular formula is C24H19N3O4. The van der Waals surface area contributed by atoms with Gasteiger partial charge in [0, 0.05) is 40.4 Å². The van der Waals surface area contributed by atoms with Crippen LogP contribution in [0.2, 0.25) is 0 Å². The van der Waals surface area contributed by atoms with Crippen molar-refractivity contribution in [1.29, 1.82) is 0 Å². The first kappa shape index (κ1) is 20.0. The van der Waals surface area contributed by atoms with E-state index >= 15 is 0 Å². The molecule has 0 atom stereocenters. The Bertz CT molecular complexity index is 1340. The molecule has 1 aromatic heterocycles. The van der Waals surface area contributed by atoms with Gasteiger partial charge < -0.3 is 9.88 Å². The molecule has 0 saturated carbocycles. The maximum Gasteiger partial charge on any atom is 0.269 e. The van der Waals surface area contributed by atoms with Crippen LogP contribution in [0.3, 0.4) is 0 Å². The highest BCUT2D eigenvalue weighted by atomic mass is 16.6. The molecule has 0 unspecified atom stereocenters. The highest BCUT2D eigenvalue weighted by Crippen LogP contribution is 2.25. The maximum atomic E-state index is 13.4. The number of aromatic amines is 1. The molecular weight excluding hydrogens is 394 g/mol. The largest absolute Gasteiger partial charge is 0.322 e. The number of H-pyrrole nitrogens is 1. The Labute approximate surface area is 177 Å². The second-order valence-corrected chi connectivity index (χ2v) is 7.24. The van der Waals surface area contributed by atoms with Gasteiger partial charge in [0.1, 0.15) is 0 Å². The zero-order valence-corrected chi connectivity index (χ0v) is 16.7. The minimum atomic E-state index is -0.505. The van der Waals surface area contributed by atoms with Crippen LogP contribution in [0, 0.1) is 17.0 Å². The molecule has 0 bridgehead atoms. The van der Waals surface area contributed by atoms with E-state index in [1.807, 2.05) is 55.5 Å². The summed E-state index contributed by atoms with van der Waals surface area (Å²) in [5, 5.41) is 11.8. The van der Waals surface area contributed by atoms with E-state index in [1.165, 1.54) is 30.3 Å². The number of hydrogen-bond donors (Lipinski definition) is 1. The van der Waals surface area contributed by atoms with Crippen molar-refractivity contribution in [2.45, 2.75) is 13.5 Å². The van der Waals surface area contributed by atoms with Gasteiger partial charge in [-0.1, -0.05) is 30.3 Å². The van der Waals surface area contributed by atoms with Crippen LogP contribution in [0.15, 0.2) is 83.7 Å². The molecule has 3 aromatic carbocycles. The van der Waals surface area contributed by atoms with Crippen molar-refractivity contribution in [3.8, 4) is 0 Å². The van der Waals surface area contributed by atoms with Crippen LogP contribution in [0.4, 0.5) is 11.4 Å². The number of non-ortho nitro benzene ring substituents is 1. The number of pyridine rings is 1. The number of rotatable bonds is 5. The first-order chi connectivity index (χ1) is 14.9. The third kappa shape index (κ3) is 4.20. The number of hydrogen-bond acceptors (Lipinski definition) is 4. The van der Waals surface area contributed by atoms with Gasteiger partial charge in [-0.15, -0.1) is 0 Å². The fourth-order valence-electron chi connectivity index (χ4n) is 3.54. The molecule has 1 heterocycles. The molecule has 4 aromatic rings. The summed E-state index contributed by atoms with van der Waals surface area (Å²) in [6.07, 6.45) is 0. The van der Waals surface area contributed by atoms with Gasteiger partial charge in [0.25, 0.3) is 11.6 Å². The monoisotopic (exact) mass is 413 g/mol. The van der Waals surface area contributed by atoms with E-state index in [1.54, 1.807) is 4.90 Å². The molecule has 0 fully saturated rings. The molecule has 154 valence electrons. The number of carbonyl (C=O) groups is 1. The Kier molecular flexibility index (Phi) is 5.32. The molecule has 0 aliphatic heterocycles. The van der Waals surface area contributed by atoms with Crippen LogP contribution in [-0.2, 0) is 6.54 Å². The number of nitrogens with one attached hydrogen (secondary N) is 1. The van der Waals surface area contributed by atoms with Crippen molar-refractivity contribution in [2.24, 2.45) is 0 Å². The van der Waals surface area contributed by atoms with Gasteiger partial charge in [-0.05, 0) is 48.4 Å². The van der Waals surface area contributed by atoms with E-state index in [2.05, 4.69) is 4.98 Å². The fourth-order valence-corrected chi connectivity index (χ4v) is 3.54. The number of aromatic nitrogens is 1. The lowest BCUT2D eigenvalue weighted by Gasteiger charge is -2.24. The number of nitro benzene ring substituents is 1. The number of carbonyl (C=O) groups excluding carboxylic acids is 1. The molecule has 1 N–H and O–H groups in total. The molecule has 31 heavy (non-hydrogen) atoms. The van der Waals surface area contributed by atoms with E-state index < -0.39 is 4.92 Å². The summed E-state index contributed by atoms with van der Waals surface area (Å²) in [4.78, 5) is 40.5. The van der Waals surface area contributed by atoms with Crippen LogP contribution in [0.5, 0.6) is 0 Å². The summed E-state index contributed by atoms with van der Waals surface area (Å²) in [5.74, 6) is -0.315. The highest BCUT2D eigenvalue weighted by Gasteiger charge is 2.20. The normalized spacial score (nSPS) is 10.7. The molecule has 0 spiro atoms. The van der Waals surface area contributed by atoms with Crippen LogP contribution in [0.25, 0.3) is 10.9 Å². The Morgan fingerprint density at radius 3 is 2.45 bits per heavy atom. The van der Waals surface area contributed by atoms with E-state index in [0.717, 1.165) is 10.9 Å². The maximum absolute atomic E-state index is 13.4. The number of anilines is 1. The van der Waals surface area contributed by atoms with Gasteiger partial charge in [0.05, 0.1) is 11.5 Å². The molecule has 4 rings (SSSR count). The molecule has 7 nitrogen and oxygen atoms in total. The van der Waals surface area contributed by atoms with Crippen LogP contribution >= 0.6 is 0 Å². The third-order valence-corrected chi connectivity index (χ3v) is 5.05. The van der Waals surface area contributed by atoms with Gasteiger partial charge in [-0.25, -0.2) is 0 Å². The number of para-hydroxylation sites is 1. The summed E-state index contributed by atoms with van der Waals surface area (Å²) in [6, 6.07) is 21.9. The average Bonchev–Trinajstić information content (AvgIpc) is 2.76. The summed E-state index contributed by atoms with van der Waals surface area (Å²) < 4.78 is 0.